The molecule has 0 unspecified atom stereocenters. The summed E-state index contributed by atoms with van der Waals surface area (Å²) in [6.07, 6.45) is 4.22. The maximum Gasteiger partial charge on any atom is 0.254 e. The highest BCUT2D eigenvalue weighted by Gasteiger charge is 2.26. The van der Waals surface area contributed by atoms with Crippen molar-refractivity contribution in [3.8, 4) is 0 Å². The SMILES string of the molecule is CCNc1cc(C(=O)N(CC)CC2CC2)ccn1. The van der Waals surface area contributed by atoms with E-state index < -0.39 is 0 Å². The predicted octanol–water partition coefficient (Wildman–Crippen LogP) is 2.39. The summed E-state index contributed by atoms with van der Waals surface area (Å²) in [6, 6.07) is 3.63. The summed E-state index contributed by atoms with van der Waals surface area (Å²) in [4.78, 5) is 18.5. The topological polar surface area (TPSA) is 45.2 Å². The van der Waals surface area contributed by atoms with E-state index in [1.807, 2.05) is 24.8 Å². The van der Waals surface area contributed by atoms with E-state index in [0.717, 1.165) is 36.9 Å². The Morgan fingerprint density at radius 3 is 2.89 bits per heavy atom. The lowest BCUT2D eigenvalue weighted by molar-refractivity contribution is 0.0757. The molecule has 1 aliphatic carbocycles. The molecule has 18 heavy (non-hydrogen) atoms. The number of hydrogen-bond acceptors (Lipinski definition) is 3. The molecule has 1 amide bonds. The van der Waals surface area contributed by atoms with E-state index in [9.17, 15) is 4.79 Å². The van der Waals surface area contributed by atoms with Crippen molar-refractivity contribution in [1.29, 1.82) is 0 Å². The number of carbonyl (C=O) groups excluding carboxylic acids is 1. The first-order valence-corrected chi connectivity index (χ1v) is 6.73. The molecular formula is C14H21N3O. The van der Waals surface area contributed by atoms with Crippen molar-refractivity contribution < 1.29 is 4.79 Å². The van der Waals surface area contributed by atoms with Crippen LogP contribution < -0.4 is 5.32 Å². The first-order chi connectivity index (χ1) is 8.74. The number of anilines is 1. The molecule has 1 aliphatic rings. The van der Waals surface area contributed by atoms with Gasteiger partial charge in [0.2, 0.25) is 0 Å². The highest BCUT2D eigenvalue weighted by Crippen LogP contribution is 2.30. The molecule has 2 rings (SSSR count). The first kappa shape index (κ1) is 12.9. The number of hydrogen-bond donors (Lipinski definition) is 1. The van der Waals surface area contributed by atoms with Gasteiger partial charge in [0.1, 0.15) is 5.82 Å². The van der Waals surface area contributed by atoms with Crippen LogP contribution in [0.2, 0.25) is 0 Å². The van der Waals surface area contributed by atoms with E-state index in [-0.39, 0.29) is 5.91 Å². The molecule has 0 bridgehead atoms. The summed E-state index contributed by atoms with van der Waals surface area (Å²) in [7, 11) is 0. The fraction of sp³-hybridized carbons (Fsp3) is 0.571. The van der Waals surface area contributed by atoms with Gasteiger partial charge in [-0.05, 0) is 44.7 Å². The molecule has 1 aromatic rings. The Kier molecular flexibility index (Phi) is 4.18. The minimum absolute atomic E-state index is 0.117. The zero-order chi connectivity index (χ0) is 13.0. The van der Waals surface area contributed by atoms with Crippen molar-refractivity contribution in [3.63, 3.8) is 0 Å². The van der Waals surface area contributed by atoms with Crippen LogP contribution in [0.3, 0.4) is 0 Å². The molecule has 0 atom stereocenters. The maximum atomic E-state index is 12.4. The average Bonchev–Trinajstić information content (AvgIpc) is 3.20. The summed E-state index contributed by atoms with van der Waals surface area (Å²) in [5.74, 6) is 1.61. The van der Waals surface area contributed by atoms with Gasteiger partial charge >= 0.3 is 0 Å². The average molecular weight is 247 g/mol. The van der Waals surface area contributed by atoms with Gasteiger partial charge in [-0.25, -0.2) is 4.98 Å². The largest absolute Gasteiger partial charge is 0.370 e. The summed E-state index contributed by atoms with van der Waals surface area (Å²) in [6.45, 7) is 6.53. The van der Waals surface area contributed by atoms with Gasteiger partial charge in [-0.3, -0.25) is 4.79 Å². The van der Waals surface area contributed by atoms with Gasteiger partial charge in [0.05, 0.1) is 0 Å². The van der Waals surface area contributed by atoms with Crippen LogP contribution in [-0.4, -0.2) is 35.4 Å². The Morgan fingerprint density at radius 2 is 2.28 bits per heavy atom. The molecular weight excluding hydrogens is 226 g/mol. The Morgan fingerprint density at radius 1 is 1.50 bits per heavy atom. The minimum Gasteiger partial charge on any atom is -0.370 e. The standard InChI is InChI=1S/C14H21N3O/c1-3-15-13-9-12(7-8-16-13)14(18)17(4-2)10-11-5-6-11/h7-9,11H,3-6,10H2,1-2H3,(H,15,16). The van der Waals surface area contributed by atoms with Crippen LogP contribution in [0, 0.1) is 5.92 Å². The molecule has 1 N–H and O–H groups in total. The van der Waals surface area contributed by atoms with Crippen LogP contribution in [0.1, 0.15) is 37.0 Å². The number of aromatic nitrogens is 1. The third-order valence-corrected chi connectivity index (χ3v) is 3.21. The van der Waals surface area contributed by atoms with E-state index in [1.165, 1.54) is 12.8 Å². The van der Waals surface area contributed by atoms with Crippen molar-refractivity contribution in [2.24, 2.45) is 5.92 Å². The first-order valence-electron chi connectivity index (χ1n) is 6.73. The molecule has 1 aromatic heterocycles. The van der Waals surface area contributed by atoms with Crippen LogP contribution >= 0.6 is 0 Å². The number of rotatable bonds is 6. The zero-order valence-corrected chi connectivity index (χ0v) is 11.1. The third kappa shape index (κ3) is 3.22. The fourth-order valence-corrected chi connectivity index (χ4v) is 1.99. The number of nitrogens with zero attached hydrogens (tertiary/aromatic N) is 2. The zero-order valence-electron chi connectivity index (χ0n) is 11.1. The molecule has 0 aromatic carbocycles. The third-order valence-electron chi connectivity index (χ3n) is 3.21. The normalized spacial score (nSPS) is 14.3. The lowest BCUT2D eigenvalue weighted by atomic mass is 10.2. The van der Waals surface area contributed by atoms with Crippen LogP contribution in [0.15, 0.2) is 18.3 Å². The lowest BCUT2D eigenvalue weighted by Gasteiger charge is -2.20. The predicted molar refractivity (Wildman–Crippen MR) is 72.7 cm³/mol. The molecule has 0 saturated heterocycles. The molecule has 1 saturated carbocycles. The van der Waals surface area contributed by atoms with Crippen molar-refractivity contribution in [1.82, 2.24) is 9.88 Å². The van der Waals surface area contributed by atoms with Crippen LogP contribution in [0.25, 0.3) is 0 Å². The lowest BCUT2D eigenvalue weighted by Crippen LogP contribution is -2.32. The van der Waals surface area contributed by atoms with E-state index in [2.05, 4.69) is 10.3 Å². The van der Waals surface area contributed by atoms with Gasteiger partial charge in [0.25, 0.3) is 5.91 Å². The van der Waals surface area contributed by atoms with Gasteiger partial charge in [-0.2, -0.15) is 0 Å². The van der Waals surface area contributed by atoms with Gasteiger partial charge in [-0.1, -0.05) is 0 Å². The van der Waals surface area contributed by atoms with Crippen molar-refractivity contribution in [2.75, 3.05) is 25.0 Å². The summed E-state index contributed by atoms with van der Waals surface area (Å²) in [5, 5.41) is 3.13. The second-order valence-electron chi connectivity index (χ2n) is 4.75. The quantitative estimate of drug-likeness (QED) is 0.839. The van der Waals surface area contributed by atoms with E-state index in [4.69, 9.17) is 0 Å². The molecule has 1 fully saturated rings. The highest BCUT2D eigenvalue weighted by atomic mass is 16.2. The molecule has 0 spiro atoms. The van der Waals surface area contributed by atoms with E-state index in [1.54, 1.807) is 12.3 Å². The Bertz CT molecular complexity index is 415. The van der Waals surface area contributed by atoms with Gasteiger partial charge in [0, 0.05) is 31.4 Å². The summed E-state index contributed by atoms with van der Waals surface area (Å²) >= 11 is 0. The number of amides is 1. The van der Waals surface area contributed by atoms with E-state index >= 15 is 0 Å². The summed E-state index contributed by atoms with van der Waals surface area (Å²) in [5.41, 5.74) is 0.725. The Balaban J connectivity index is 2.07. The van der Waals surface area contributed by atoms with Gasteiger partial charge < -0.3 is 10.2 Å². The van der Waals surface area contributed by atoms with Crippen molar-refractivity contribution >= 4 is 11.7 Å². The molecule has 98 valence electrons. The number of pyridine rings is 1. The van der Waals surface area contributed by atoms with Crippen LogP contribution in [0.4, 0.5) is 5.82 Å². The number of nitrogens with one attached hydrogen (secondary N) is 1. The van der Waals surface area contributed by atoms with Crippen molar-refractivity contribution in [3.05, 3.63) is 23.9 Å². The van der Waals surface area contributed by atoms with Gasteiger partial charge in [0.15, 0.2) is 0 Å². The monoisotopic (exact) mass is 247 g/mol. The maximum absolute atomic E-state index is 12.4. The van der Waals surface area contributed by atoms with Crippen molar-refractivity contribution in [2.45, 2.75) is 26.7 Å². The molecule has 1 heterocycles. The van der Waals surface area contributed by atoms with Crippen LogP contribution in [-0.2, 0) is 0 Å². The fourth-order valence-electron chi connectivity index (χ4n) is 1.99. The molecule has 4 heteroatoms. The Hall–Kier alpha value is -1.58. The van der Waals surface area contributed by atoms with Gasteiger partial charge in [-0.15, -0.1) is 0 Å². The molecule has 0 aliphatic heterocycles. The Labute approximate surface area is 108 Å². The number of carbonyl (C=O) groups is 1. The second-order valence-corrected chi connectivity index (χ2v) is 4.75. The molecule has 0 radical (unpaired) electrons. The smallest absolute Gasteiger partial charge is 0.254 e. The highest BCUT2D eigenvalue weighted by molar-refractivity contribution is 5.94. The minimum atomic E-state index is 0.117. The van der Waals surface area contributed by atoms with E-state index in [0.29, 0.717) is 0 Å². The molecule has 4 nitrogen and oxygen atoms in total. The second kappa shape index (κ2) is 5.85. The summed E-state index contributed by atoms with van der Waals surface area (Å²) < 4.78 is 0. The van der Waals surface area contributed by atoms with Crippen LogP contribution in [0.5, 0.6) is 0 Å².